The maximum Gasteiger partial charge on any atom is 0.334 e. The minimum Gasteiger partial charge on any atom is -0.449 e. The molecule has 0 bridgehead atoms. The lowest BCUT2D eigenvalue weighted by Gasteiger charge is -2.29. The topological polar surface area (TPSA) is 64.6 Å². The van der Waals surface area contributed by atoms with Crippen LogP contribution < -0.4 is 5.32 Å². The van der Waals surface area contributed by atoms with Gasteiger partial charge in [0.25, 0.3) is 5.91 Å². The molecule has 2 aliphatic rings. The number of nitrogens with one attached hydrogen (secondary N) is 1. The average molecular weight is 400 g/mol. The molecule has 3 atom stereocenters. The zero-order valence-corrected chi connectivity index (χ0v) is 17.6. The number of benzene rings is 1. The van der Waals surface area contributed by atoms with Crippen LogP contribution in [0, 0.1) is 5.92 Å². The van der Waals surface area contributed by atoms with Crippen LogP contribution in [-0.2, 0) is 25.5 Å². The van der Waals surface area contributed by atoms with Gasteiger partial charge in [0.1, 0.15) is 0 Å². The molecule has 5 nitrogen and oxygen atoms in total. The normalized spacial score (nSPS) is 25.6. The van der Waals surface area contributed by atoms with Gasteiger partial charge in [-0.1, -0.05) is 49.8 Å². The first-order chi connectivity index (χ1) is 14.0. The van der Waals surface area contributed by atoms with Gasteiger partial charge in [0.2, 0.25) is 0 Å². The van der Waals surface area contributed by atoms with Gasteiger partial charge in [0.15, 0.2) is 6.10 Å². The van der Waals surface area contributed by atoms with E-state index in [1.54, 1.807) is 0 Å². The summed E-state index contributed by atoms with van der Waals surface area (Å²) in [6.07, 6.45) is 6.81. The fraction of sp³-hybridized carbons (Fsp3) is 0.583. The van der Waals surface area contributed by atoms with E-state index in [1.165, 1.54) is 0 Å². The van der Waals surface area contributed by atoms with Crippen LogP contribution in [0.1, 0.15) is 57.9 Å². The highest BCUT2D eigenvalue weighted by Crippen LogP contribution is 2.36. The minimum atomic E-state index is -0.840. The predicted octanol–water partition coefficient (Wildman–Crippen LogP) is 3.96. The van der Waals surface area contributed by atoms with Gasteiger partial charge in [0.05, 0.1) is 13.2 Å². The maximum absolute atomic E-state index is 13.2. The molecule has 0 radical (unpaired) electrons. The van der Waals surface area contributed by atoms with Crippen LogP contribution in [-0.4, -0.2) is 36.7 Å². The van der Waals surface area contributed by atoms with Crippen molar-refractivity contribution in [3.05, 3.63) is 47.5 Å². The number of carbonyl (C=O) groups is 2. The van der Waals surface area contributed by atoms with E-state index in [2.05, 4.69) is 19.2 Å². The Morgan fingerprint density at radius 2 is 2.07 bits per heavy atom. The van der Waals surface area contributed by atoms with Crippen LogP contribution >= 0.6 is 0 Å². The monoisotopic (exact) mass is 399 g/mol. The van der Waals surface area contributed by atoms with E-state index in [-0.39, 0.29) is 11.4 Å². The molecule has 1 aliphatic heterocycles. The van der Waals surface area contributed by atoms with Crippen molar-refractivity contribution in [2.24, 2.45) is 5.92 Å². The molecule has 0 aromatic heterocycles. The average Bonchev–Trinajstić information content (AvgIpc) is 2.92. The number of hydrogen-bond acceptors (Lipinski definition) is 4. The summed E-state index contributed by atoms with van der Waals surface area (Å²) in [5, 5.41) is 3.20. The van der Waals surface area contributed by atoms with Crippen molar-refractivity contribution < 1.29 is 19.1 Å². The second kappa shape index (κ2) is 10.1. The van der Waals surface area contributed by atoms with Gasteiger partial charge in [-0.3, -0.25) is 4.79 Å². The minimum absolute atomic E-state index is 0.202. The largest absolute Gasteiger partial charge is 0.449 e. The van der Waals surface area contributed by atoms with Gasteiger partial charge in [-0.05, 0) is 44.1 Å². The van der Waals surface area contributed by atoms with Crippen molar-refractivity contribution in [3.63, 3.8) is 0 Å². The van der Waals surface area contributed by atoms with Gasteiger partial charge >= 0.3 is 5.97 Å². The van der Waals surface area contributed by atoms with Crippen molar-refractivity contribution in [3.8, 4) is 0 Å². The fourth-order valence-electron chi connectivity index (χ4n) is 4.31. The molecule has 0 saturated heterocycles. The first-order valence-electron chi connectivity index (χ1n) is 10.8. The molecule has 1 saturated carbocycles. The molecule has 1 amide bonds. The van der Waals surface area contributed by atoms with Gasteiger partial charge in [0, 0.05) is 24.0 Å². The first kappa shape index (κ1) is 21.6. The molecule has 1 N–H and O–H groups in total. The fourth-order valence-corrected chi connectivity index (χ4v) is 4.31. The van der Waals surface area contributed by atoms with Crippen LogP contribution in [0.4, 0.5) is 0 Å². The predicted molar refractivity (Wildman–Crippen MR) is 112 cm³/mol. The SMILES string of the molecule is CCC1CCC(C)(NC(=O)C(Cc2ccccc2)OC(=O)C2=CCCOCC2)C1. The van der Waals surface area contributed by atoms with Crippen LogP contribution in [0.15, 0.2) is 42.0 Å². The highest BCUT2D eigenvalue weighted by atomic mass is 16.5. The number of amides is 1. The van der Waals surface area contributed by atoms with Gasteiger partial charge in [-0.15, -0.1) is 0 Å². The molecule has 29 heavy (non-hydrogen) atoms. The van der Waals surface area contributed by atoms with Crippen LogP contribution in [0.2, 0.25) is 0 Å². The zero-order chi connectivity index (χ0) is 20.7. The number of rotatable bonds is 7. The highest BCUT2D eigenvalue weighted by molar-refractivity contribution is 5.92. The van der Waals surface area contributed by atoms with E-state index in [0.717, 1.165) is 31.2 Å². The lowest BCUT2D eigenvalue weighted by atomic mass is 9.96. The summed E-state index contributed by atoms with van der Waals surface area (Å²) in [6, 6.07) is 9.71. The molecule has 3 rings (SSSR count). The van der Waals surface area contributed by atoms with Gasteiger partial charge < -0.3 is 14.8 Å². The molecule has 1 aliphatic carbocycles. The van der Waals surface area contributed by atoms with Crippen LogP contribution in [0.25, 0.3) is 0 Å². The quantitative estimate of drug-likeness (QED) is 0.705. The lowest BCUT2D eigenvalue weighted by Crippen LogP contribution is -2.50. The molecule has 3 unspecified atom stereocenters. The second-order valence-electron chi connectivity index (χ2n) is 8.53. The smallest absolute Gasteiger partial charge is 0.334 e. The van der Waals surface area contributed by atoms with Crippen molar-refractivity contribution in [1.82, 2.24) is 5.32 Å². The summed E-state index contributed by atoms with van der Waals surface area (Å²) < 4.78 is 11.2. The Hall–Kier alpha value is -2.14. The number of hydrogen-bond donors (Lipinski definition) is 1. The third kappa shape index (κ3) is 6.17. The van der Waals surface area contributed by atoms with E-state index in [0.29, 0.717) is 44.0 Å². The van der Waals surface area contributed by atoms with E-state index >= 15 is 0 Å². The molecule has 158 valence electrons. The molecular weight excluding hydrogens is 366 g/mol. The Morgan fingerprint density at radius 1 is 1.28 bits per heavy atom. The summed E-state index contributed by atoms with van der Waals surface area (Å²) in [5.41, 5.74) is 1.35. The summed E-state index contributed by atoms with van der Waals surface area (Å²) >= 11 is 0. The summed E-state index contributed by atoms with van der Waals surface area (Å²) in [7, 11) is 0. The molecule has 1 heterocycles. The first-order valence-corrected chi connectivity index (χ1v) is 10.8. The van der Waals surface area contributed by atoms with Crippen molar-refractivity contribution >= 4 is 11.9 Å². The van der Waals surface area contributed by atoms with Gasteiger partial charge in [-0.2, -0.15) is 0 Å². The summed E-state index contributed by atoms with van der Waals surface area (Å²) in [6.45, 7) is 5.42. The van der Waals surface area contributed by atoms with Crippen molar-refractivity contribution in [2.75, 3.05) is 13.2 Å². The zero-order valence-electron chi connectivity index (χ0n) is 17.6. The lowest BCUT2D eigenvalue weighted by molar-refractivity contribution is -0.153. The maximum atomic E-state index is 13.2. The van der Waals surface area contributed by atoms with Crippen LogP contribution in [0.5, 0.6) is 0 Å². The Bertz CT molecular complexity index is 730. The van der Waals surface area contributed by atoms with Crippen molar-refractivity contribution in [2.45, 2.75) is 70.4 Å². The number of carbonyl (C=O) groups excluding carboxylic acids is 2. The molecule has 5 heteroatoms. The van der Waals surface area contributed by atoms with E-state index in [1.807, 2.05) is 36.4 Å². The number of ether oxygens (including phenoxy) is 2. The number of esters is 1. The molecule has 0 spiro atoms. The highest BCUT2D eigenvalue weighted by Gasteiger charge is 2.37. The third-order valence-electron chi connectivity index (χ3n) is 6.08. The summed E-state index contributed by atoms with van der Waals surface area (Å²) in [4.78, 5) is 25.9. The van der Waals surface area contributed by atoms with E-state index < -0.39 is 12.1 Å². The van der Waals surface area contributed by atoms with Crippen LogP contribution in [0.3, 0.4) is 0 Å². The Labute approximate surface area is 173 Å². The standard InChI is InChI=1S/C24H33NO4/c1-3-18-11-13-24(2,17-18)25-22(26)21(16-19-8-5-4-6-9-19)29-23(27)20-10-7-14-28-15-12-20/h4-6,8-10,18,21H,3,7,11-17H2,1-2H3,(H,25,26). The second-order valence-corrected chi connectivity index (χ2v) is 8.53. The Balaban J connectivity index is 1.71. The summed E-state index contributed by atoms with van der Waals surface area (Å²) in [5.74, 6) is 0.0353. The third-order valence-corrected chi connectivity index (χ3v) is 6.08. The van der Waals surface area contributed by atoms with Gasteiger partial charge in [-0.25, -0.2) is 4.79 Å². The van der Waals surface area contributed by atoms with Crippen molar-refractivity contribution in [1.29, 1.82) is 0 Å². The molecule has 1 aromatic rings. The Kier molecular flexibility index (Phi) is 7.48. The molecule has 1 aromatic carbocycles. The van der Waals surface area contributed by atoms with E-state index in [9.17, 15) is 9.59 Å². The van der Waals surface area contributed by atoms with E-state index in [4.69, 9.17) is 9.47 Å². The molecule has 1 fully saturated rings. The Morgan fingerprint density at radius 3 is 2.79 bits per heavy atom. The molecular formula is C24H33NO4.